The Kier molecular flexibility index (Phi) is 3.38. The van der Waals surface area contributed by atoms with Gasteiger partial charge in [-0.3, -0.25) is 0 Å². The average molecular weight is 262 g/mol. The summed E-state index contributed by atoms with van der Waals surface area (Å²) in [5.41, 5.74) is 2.19. The third-order valence-corrected chi connectivity index (χ3v) is 2.97. The molecule has 0 atom stereocenters. The van der Waals surface area contributed by atoms with E-state index in [4.69, 9.17) is 0 Å². The highest BCUT2D eigenvalue weighted by Crippen LogP contribution is 2.25. The summed E-state index contributed by atoms with van der Waals surface area (Å²) in [6, 6.07) is 4.35. The molecule has 0 saturated carbocycles. The zero-order valence-corrected chi connectivity index (χ0v) is 11.0. The number of halogens is 1. The molecule has 2 aromatic rings. The second-order valence-electron chi connectivity index (χ2n) is 4.75. The van der Waals surface area contributed by atoms with E-state index in [2.05, 4.69) is 5.10 Å². The van der Waals surface area contributed by atoms with Crippen LogP contribution >= 0.6 is 0 Å². The summed E-state index contributed by atoms with van der Waals surface area (Å²) < 4.78 is 14.7. The lowest BCUT2D eigenvalue weighted by Crippen LogP contribution is -2.09. The fraction of sp³-hybridized carbons (Fsp3) is 0.286. The number of carboxylic acids is 1. The van der Waals surface area contributed by atoms with Gasteiger partial charge in [0.2, 0.25) is 0 Å². The van der Waals surface area contributed by atoms with Crippen molar-refractivity contribution in [3.63, 3.8) is 0 Å². The van der Waals surface area contributed by atoms with Gasteiger partial charge in [0.15, 0.2) is 0 Å². The third kappa shape index (κ3) is 2.36. The zero-order chi connectivity index (χ0) is 14.2. The number of benzene rings is 1. The lowest BCUT2D eigenvalue weighted by molar-refractivity contribution is 0.0695. The molecular formula is C14H15FN2O2. The summed E-state index contributed by atoms with van der Waals surface area (Å²) in [7, 11) is 0. The minimum atomic E-state index is -1.00. The van der Waals surface area contributed by atoms with E-state index in [0.29, 0.717) is 16.9 Å². The van der Waals surface area contributed by atoms with E-state index in [-0.39, 0.29) is 17.3 Å². The van der Waals surface area contributed by atoms with Crippen LogP contribution in [0.25, 0.3) is 5.69 Å². The summed E-state index contributed by atoms with van der Waals surface area (Å²) in [5, 5.41) is 13.3. The van der Waals surface area contributed by atoms with Crippen molar-refractivity contribution >= 4 is 5.97 Å². The smallest absolute Gasteiger partial charge is 0.339 e. The van der Waals surface area contributed by atoms with Crippen molar-refractivity contribution in [1.82, 2.24) is 9.78 Å². The van der Waals surface area contributed by atoms with Crippen LogP contribution in [-0.4, -0.2) is 20.9 Å². The van der Waals surface area contributed by atoms with Crippen LogP contribution in [0.1, 0.15) is 41.4 Å². The molecule has 2 rings (SSSR count). The van der Waals surface area contributed by atoms with Gasteiger partial charge in [-0.15, -0.1) is 0 Å². The van der Waals surface area contributed by atoms with Crippen molar-refractivity contribution in [2.75, 3.05) is 0 Å². The fourth-order valence-electron chi connectivity index (χ4n) is 2.13. The highest BCUT2D eigenvalue weighted by Gasteiger charge is 2.20. The van der Waals surface area contributed by atoms with Gasteiger partial charge in [0.1, 0.15) is 11.4 Å². The number of nitrogens with zero attached hydrogens (tertiary/aromatic N) is 2. The number of rotatable bonds is 3. The van der Waals surface area contributed by atoms with E-state index in [9.17, 15) is 14.3 Å². The van der Waals surface area contributed by atoms with E-state index in [1.807, 2.05) is 13.8 Å². The standard InChI is InChI=1S/C14H15FN2O2/c1-8(2)13-11(14(18)19)7-16-17(13)12-5-4-10(15)6-9(12)3/h4-8H,1-3H3,(H,18,19). The Morgan fingerprint density at radius 1 is 1.42 bits per heavy atom. The van der Waals surface area contributed by atoms with Gasteiger partial charge in [0, 0.05) is 0 Å². The maximum atomic E-state index is 13.1. The molecule has 0 saturated heterocycles. The van der Waals surface area contributed by atoms with Gasteiger partial charge >= 0.3 is 5.97 Å². The fourth-order valence-corrected chi connectivity index (χ4v) is 2.13. The van der Waals surface area contributed by atoms with Crippen LogP contribution < -0.4 is 0 Å². The van der Waals surface area contributed by atoms with Crippen LogP contribution in [0.15, 0.2) is 24.4 Å². The molecule has 1 heterocycles. The van der Waals surface area contributed by atoms with Crippen molar-refractivity contribution in [1.29, 1.82) is 0 Å². The number of aromatic carboxylic acids is 1. The first-order valence-corrected chi connectivity index (χ1v) is 5.99. The van der Waals surface area contributed by atoms with Crippen LogP contribution in [0.2, 0.25) is 0 Å². The monoisotopic (exact) mass is 262 g/mol. The predicted molar refractivity (Wildman–Crippen MR) is 69.3 cm³/mol. The first-order chi connectivity index (χ1) is 8.91. The van der Waals surface area contributed by atoms with Crippen LogP contribution in [0, 0.1) is 12.7 Å². The molecule has 0 aliphatic rings. The minimum absolute atomic E-state index is 0.00180. The maximum absolute atomic E-state index is 13.1. The first-order valence-electron chi connectivity index (χ1n) is 5.99. The molecule has 0 unspecified atom stereocenters. The molecule has 0 aliphatic carbocycles. The summed E-state index contributed by atoms with van der Waals surface area (Å²) in [5.74, 6) is -1.33. The van der Waals surface area contributed by atoms with E-state index in [1.165, 1.54) is 18.3 Å². The Balaban J connectivity index is 2.65. The molecule has 0 fully saturated rings. The van der Waals surface area contributed by atoms with Gasteiger partial charge in [0.05, 0.1) is 17.6 Å². The molecule has 0 amide bonds. The molecule has 4 nitrogen and oxygen atoms in total. The van der Waals surface area contributed by atoms with Crippen molar-refractivity contribution in [3.8, 4) is 5.69 Å². The molecule has 5 heteroatoms. The SMILES string of the molecule is Cc1cc(F)ccc1-n1ncc(C(=O)O)c1C(C)C. The van der Waals surface area contributed by atoms with Gasteiger partial charge in [-0.2, -0.15) is 5.10 Å². The lowest BCUT2D eigenvalue weighted by Gasteiger charge is -2.13. The predicted octanol–water partition coefficient (Wildman–Crippen LogP) is 3.14. The van der Waals surface area contributed by atoms with Crippen LogP contribution in [0.3, 0.4) is 0 Å². The molecule has 19 heavy (non-hydrogen) atoms. The topological polar surface area (TPSA) is 55.1 Å². The molecule has 1 aromatic heterocycles. The minimum Gasteiger partial charge on any atom is -0.478 e. The molecule has 0 bridgehead atoms. The number of carbonyl (C=O) groups is 1. The summed E-state index contributed by atoms with van der Waals surface area (Å²) in [6.07, 6.45) is 1.33. The Morgan fingerprint density at radius 3 is 2.63 bits per heavy atom. The average Bonchev–Trinajstić information content (AvgIpc) is 2.73. The van der Waals surface area contributed by atoms with E-state index >= 15 is 0 Å². The number of carboxylic acid groups (broad SMARTS) is 1. The van der Waals surface area contributed by atoms with Crippen LogP contribution in [0.5, 0.6) is 0 Å². The van der Waals surface area contributed by atoms with Gasteiger partial charge in [-0.1, -0.05) is 13.8 Å². The molecule has 0 radical (unpaired) electrons. The van der Waals surface area contributed by atoms with Crippen molar-refractivity contribution < 1.29 is 14.3 Å². The van der Waals surface area contributed by atoms with Crippen LogP contribution in [-0.2, 0) is 0 Å². The highest BCUT2D eigenvalue weighted by molar-refractivity contribution is 5.89. The first kappa shape index (κ1) is 13.3. The van der Waals surface area contributed by atoms with Gasteiger partial charge in [0.25, 0.3) is 0 Å². The van der Waals surface area contributed by atoms with Gasteiger partial charge in [-0.25, -0.2) is 13.9 Å². The third-order valence-electron chi connectivity index (χ3n) is 2.97. The van der Waals surface area contributed by atoms with E-state index in [1.54, 1.807) is 17.7 Å². The maximum Gasteiger partial charge on any atom is 0.339 e. The highest BCUT2D eigenvalue weighted by atomic mass is 19.1. The second kappa shape index (κ2) is 4.84. The lowest BCUT2D eigenvalue weighted by atomic mass is 10.1. The number of aryl methyl sites for hydroxylation is 1. The largest absolute Gasteiger partial charge is 0.478 e. The van der Waals surface area contributed by atoms with Crippen LogP contribution in [0.4, 0.5) is 4.39 Å². The Morgan fingerprint density at radius 2 is 2.11 bits per heavy atom. The van der Waals surface area contributed by atoms with E-state index in [0.717, 1.165) is 0 Å². The quantitative estimate of drug-likeness (QED) is 0.924. The number of hydrogen-bond acceptors (Lipinski definition) is 2. The molecule has 1 N–H and O–H groups in total. The van der Waals surface area contributed by atoms with Gasteiger partial charge < -0.3 is 5.11 Å². The number of hydrogen-bond donors (Lipinski definition) is 1. The molecule has 0 aliphatic heterocycles. The summed E-state index contributed by atoms with van der Waals surface area (Å²) in [4.78, 5) is 11.2. The number of aromatic nitrogens is 2. The molecule has 1 aromatic carbocycles. The Labute approximate surface area is 110 Å². The zero-order valence-electron chi connectivity index (χ0n) is 11.0. The van der Waals surface area contributed by atoms with E-state index < -0.39 is 5.97 Å². The normalized spacial score (nSPS) is 11.0. The van der Waals surface area contributed by atoms with Crippen molar-refractivity contribution in [2.24, 2.45) is 0 Å². The summed E-state index contributed by atoms with van der Waals surface area (Å²) >= 11 is 0. The van der Waals surface area contributed by atoms with Crippen molar-refractivity contribution in [2.45, 2.75) is 26.7 Å². The van der Waals surface area contributed by atoms with Crippen molar-refractivity contribution in [3.05, 3.63) is 47.0 Å². The Hall–Kier alpha value is -2.17. The molecular weight excluding hydrogens is 247 g/mol. The molecule has 0 spiro atoms. The summed E-state index contributed by atoms with van der Waals surface area (Å²) in [6.45, 7) is 5.57. The van der Waals surface area contributed by atoms with Gasteiger partial charge in [-0.05, 0) is 36.6 Å². The molecule has 100 valence electrons. The Bertz CT molecular complexity index is 632. The second-order valence-corrected chi connectivity index (χ2v) is 4.75.